The number of nitro benzene ring substituents is 1. The van der Waals surface area contributed by atoms with Gasteiger partial charge in [0.25, 0.3) is 11.6 Å². The first-order valence-corrected chi connectivity index (χ1v) is 8.98. The molecule has 2 aromatic carbocycles. The Bertz CT molecular complexity index is 828. The average Bonchev–Trinajstić information content (AvgIpc) is 2.65. The van der Waals surface area contributed by atoms with Crippen LogP contribution in [0.15, 0.2) is 42.5 Å². The molecule has 1 saturated heterocycles. The smallest absolute Gasteiger partial charge is 0.274 e. The number of nitrogens with one attached hydrogen (secondary N) is 1. The summed E-state index contributed by atoms with van der Waals surface area (Å²) in [6.45, 7) is 6.78. The number of anilines is 1. The molecule has 0 unspecified atom stereocenters. The lowest BCUT2D eigenvalue weighted by Crippen LogP contribution is -2.43. The van der Waals surface area contributed by atoms with E-state index in [-0.39, 0.29) is 11.6 Å². The topological polar surface area (TPSA) is 78.7 Å². The van der Waals surface area contributed by atoms with Crippen LogP contribution in [0.3, 0.4) is 0 Å². The maximum Gasteiger partial charge on any atom is 0.274 e. The molecule has 1 aliphatic rings. The SMILES string of the molecule is Cc1ccc(NC(=O)c2ccc(CN3CCN(C)CC3)cc2)cc1[N+](=O)[O-]. The van der Waals surface area contributed by atoms with Crippen molar-refractivity contribution in [3.63, 3.8) is 0 Å². The van der Waals surface area contributed by atoms with Crippen molar-refractivity contribution in [2.75, 3.05) is 38.5 Å². The molecule has 0 spiro atoms. The van der Waals surface area contributed by atoms with Crippen LogP contribution in [0, 0.1) is 17.0 Å². The molecule has 142 valence electrons. The molecule has 1 fully saturated rings. The number of amides is 1. The molecular weight excluding hydrogens is 344 g/mol. The number of aryl methyl sites for hydroxylation is 1. The lowest BCUT2D eigenvalue weighted by Gasteiger charge is -2.32. The Morgan fingerprint density at radius 2 is 1.78 bits per heavy atom. The number of likely N-dealkylation sites (N-methyl/N-ethyl adjacent to an activating group) is 1. The van der Waals surface area contributed by atoms with Gasteiger partial charge in [-0.15, -0.1) is 0 Å². The highest BCUT2D eigenvalue weighted by Gasteiger charge is 2.15. The van der Waals surface area contributed by atoms with Gasteiger partial charge in [0.05, 0.1) is 4.92 Å². The summed E-state index contributed by atoms with van der Waals surface area (Å²) in [5.74, 6) is -0.278. The minimum Gasteiger partial charge on any atom is -0.322 e. The van der Waals surface area contributed by atoms with Crippen molar-refractivity contribution < 1.29 is 9.72 Å². The van der Waals surface area contributed by atoms with Crippen molar-refractivity contribution in [1.82, 2.24) is 9.80 Å². The fourth-order valence-electron chi connectivity index (χ4n) is 3.11. The number of piperazine rings is 1. The van der Waals surface area contributed by atoms with Gasteiger partial charge in [-0.25, -0.2) is 0 Å². The second kappa shape index (κ2) is 8.28. The van der Waals surface area contributed by atoms with Crippen LogP contribution in [0.1, 0.15) is 21.5 Å². The highest BCUT2D eigenvalue weighted by molar-refractivity contribution is 6.04. The van der Waals surface area contributed by atoms with Crippen molar-refractivity contribution in [2.24, 2.45) is 0 Å². The molecular formula is C20H24N4O3. The summed E-state index contributed by atoms with van der Waals surface area (Å²) in [4.78, 5) is 27.7. The number of hydrogen-bond donors (Lipinski definition) is 1. The van der Waals surface area contributed by atoms with Gasteiger partial charge in [0.1, 0.15) is 0 Å². The second-order valence-corrected chi connectivity index (χ2v) is 6.99. The number of rotatable bonds is 5. The van der Waals surface area contributed by atoms with Crippen LogP contribution >= 0.6 is 0 Å². The summed E-state index contributed by atoms with van der Waals surface area (Å²) >= 11 is 0. The first kappa shape index (κ1) is 19.0. The Balaban J connectivity index is 1.62. The van der Waals surface area contributed by atoms with Gasteiger partial charge in [-0.2, -0.15) is 0 Å². The normalized spacial score (nSPS) is 15.5. The molecule has 1 amide bonds. The summed E-state index contributed by atoms with van der Waals surface area (Å²) < 4.78 is 0. The van der Waals surface area contributed by atoms with Gasteiger partial charge in [0, 0.05) is 55.6 Å². The standard InChI is InChI=1S/C20H24N4O3/c1-15-3-8-18(13-19(15)24(26)27)21-20(25)17-6-4-16(5-7-17)14-23-11-9-22(2)10-12-23/h3-8,13H,9-12,14H2,1-2H3,(H,21,25). The van der Waals surface area contributed by atoms with E-state index >= 15 is 0 Å². The highest BCUT2D eigenvalue weighted by atomic mass is 16.6. The zero-order valence-corrected chi connectivity index (χ0v) is 15.6. The van der Waals surface area contributed by atoms with Crippen molar-refractivity contribution in [1.29, 1.82) is 0 Å². The van der Waals surface area contributed by atoms with Gasteiger partial charge in [0.15, 0.2) is 0 Å². The van der Waals surface area contributed by atoms with E-state index in [1.54, 1.807) is 31.2 Å². The number of benzene rings is 2. The number of hydrogen-bond acceptors (Lipinski definition) is 5. The summed E-state index contributed by atoms with van der Waals surface area (Å²) in [5, 5.41) is 13.8. The van der Waals surface area contributed by atoms with Crippen molar-refractivity contribution in [3.05, 3.63) is 69.3 Å². The van der Waals surface area contributed by atoms with Gasteiger partial charge >= 0.3 is 0 Å². The molecule has 1 N–H and O–H groups in total. The molecule has 0 aromatic heterocycles. The lowest BCUT2D eigenvalue weighted by molar-refractivity contribution is -0.385. The molecule has 0 aliphatic carbocycles. The van der Waals surface area contributed by atoms with Gasteiger partial charge < -0.3 is 10.2 Å². The van der Waals surface area contributed by atoms with Crippen LogP contribution in [0.2, 0.25) is 0 Å². The molecule has 0 bridgehead atoms. The third-order valence-corrected chi connectivity index (χ3v) is 4.88. The molecule has 0 saturated carbocycles. The quantitative estimate of drug-likeness (QED) is 0.648. The van der Waals surface area contributed by atoms with E-state index in [0.717, 1.165) is 32.7 Å². The molecule has 7 heteroatoms. The van der Waals surface area contributed by atoms with Crippen LogP contribution in [-0.4, -0.2) is 53.9 Å². The Morgan fingerprint density at radius 3 is 2.41 bits per heavy atom. The molecule has 7 nitrogen and oxygen atoms in total. The first-order valence-electron chi connectivity index (χ1n) is 8.98. The summed E-state index contributed by atoms with van der Waals surface area (Å²) in [6.07, 6.45) is 0. The Hall–Kier alpha value is -2.77. The summed E-state index contributed by atoms with van der Waals surface area (Å²) in [6, 6.07) is 12.2. The van der Waals surface area contributed by atoms with Crippen LogP contribution in [-0.2, 0) is 6.54 Å². The maximum atomic E-state index is 12.4. The number of nitro groups is 1. The molecule has 1 heterocycles. The van der Waals surface area contributed by atoms with E-state index < -0.39 is 4.92 Å². The molecule has 0 radical (unpaired) electrons. The average molecular weight is 368 g/mol. The third-order valence-electron chi connectivity index (χ3n) is 4.88. The largest absolute Gasteiger partial charge is 0.322 e. The Labute approximate surface area is 158 Å². The molecule has 1 aliphatic heterocycles. The van der Waals surface area contributed by atoms with E-state index in [9.17, 15) is 14.9 Å². The lowest BCUT2D eigenvalue weighted by atomic mass is 10.1. The third kappa shape index (κ3) is 4.90. The zero-order valence-electron chi connectivity index (χ0n) is 15.6. The predicted molar refractivity (Wildman–Crippen MR) is 105 cm³/mol. The molecule has 2 aromatic rings. The summed E-state index contributed by atoms with van der Waals surface area (Å²) in [7, 11) is 2.13. The molecule has 0 atom stereocenters. The zero-order chi connectivity index (χ0) is 19.4. The van der Waals surface area contributed by atoms with Gasteiger partial charge in [-0.05, 0) is 37.7 Å². The van der Waals surface area contributed by atoms with E-state index in [1.165, 1.54) is 11.6 Å². The van der Waals surface area contributed by atoms with E-state index in [4.69, 9.17) is 0 Å². The fraction of sp³-hybridized carbons (Fsp3) is 0.350. The summed E-state index contributed by atoms with van der Waals surface area (Å²) in [5.41, 5.74) is 2.67. The first-order chi connectivity index (χ1) is 12.9. The second-order valence-electron chi connectivity index (χ2n) is 6.99. The van der Waals surface area contributed by atoms with E-state index in [2.05, 4.69) is 22.2 Å². The van der Waals surface area contributed by atoms with Crippen molar-refractivity contribution >= 4 is 17.3 Å². The number of carbonyl (C=O) groups excluding carboxylic acids is 1. The van der Waals surface area contributed by atoms with Crippen LogP contribution in [0.4, 0.5) is 11.4 Å². The fourth-order valence-corrected chi connectivity index (χ4v) is 3.11. The van der Waals surface area contributed by atoms with E-state index in [1.807, 2.05) is 12.1 Å². The van der Waals surface area contributed by atoms with E-state index in [0.29, 0.717) is 16.8 Å². The monoisotopic (exact) mass is 368 g/mol. The predicted octanol–water partition coefficient (Wildman–Crippen LogP) is 2.90. The minimum atomic E-state index is -0.446. The van der Waals surface area contributed by atoms with Gasteiger partial charge in [0.2, 0.25) is 0 Å². The minimum absolute atomic E-state index is 0.00433. The number of nitrogens with zero attached hydrogens (tertiary/aromatic N) is 3. The number of carbonyl (C=O) groups is 1. The van der Waals surface area contributed by atoms with Crippen molar-refractivity contribution in [3.8, 4) is 0 Å². The molecule has 27 heavy (non-hydrogen) atoms. The highest BCUT2D eigenvalue weighted by Crippen LogP contribution is 2.22. The van der Waals surface area contributed by atoms with Crippen LogP contribution < -0.4 is 5.32 Å². The van der Waals surface area contributed by atoms with Gasteiger partial charge in [-0.1, -0.05) is 18.2 Å². The molecule has 3 rings (SSSR count). The van der Waals surface area contributed by atoms with Crippen molar-refractivity contribution in [2.45, 2.75) is 13.5 Å². The van der Waals surface area contributed by atoms with Crippen LogP contribution in [0.25, 0.3) is 0 Å². The van der Waals surface area contributed by atoms with Crippen LogP contribution in [0.5, 0.6) is 0 Å². The Kier molecular flexibility index (Phi) is 5.83. The van der Waals surface area contributed by atoms with Gasteiger partial charge in [-0.3, -0.25) is 19.8 Å². The Morgan fingerprint density at radius 1 is 1.11 bits per heavy atom. The maximum absolute atomic E-state index is 12.4.